The molecule has 2 rings (SSSR count). The van der Waals surface area contributed by atoms with Crippen molar-refractivity contribution < 1.29 is 9.53 Å². The number of thiophene rings is 1. The van der Waals surface area contributed by atoms with Crippen LogP contribution >= 0.6 is 23.1 Å². The Labute approximate surface area is 128 Å². The molecular weight excluding hydrogens is 292 g/mol. The number of amides is 1. The zero-order valence-corrected chi connectivity index (χ0v) is 13.9. The first kappa shape index (κ1) is 15.4. The van der Waals surface area contributed by atoms with Crippen molar-refractivity contribution in [3.8, 4) is 0 Å². The largest absolute Gasteiger partial charge is 0.444 e. The van der Waals surface area contributed by atoms with Gasteiger partial charge in [-0.1, -0.05) is 0 Å². The Morgan fingerprint density at radius 1 is 1.55 bits per heavy atom. The van der Waals surface area contributed by atoms with Crippen molar-refractivity contribution in [1.29, 1.82) is 0 Å². The van der Waals surface area contributed by atoms with Gasteiger partial charge in [0.25, 0.3) is 0 Å². The van der Waals surface area contributed by atoms with E-state index in [4.69, 9.17) is 4.74 Å². The van der Waals surface area contributed by atoms with E-state index in [0.29, 0.717) is 6.54 Å². The highest BCUT2D eigenvalue weighted by atomic mass is 32.2. The van der Waals surface area contributed by atoms with Gasteiger partial charge in [-0.3, -0.25) is 4.99 Å². The Bertz CT molecular complexity index is 530. The van der Waals surface area contributed by atoms with Crippen LogP contribution in [0.1, 0.15) is 36.1 Å². The molecule has 0 atom stereocenters. The van der Waals surface area contributed by atoms with E-state index in [9.17, 15) is 4.79 Å². The summed E-state index contributed by atoms with van der Waals surface area (Å²) in [6, 6.07) is 2.17. The van der Waals surface area contributed by atoms with Gasteiger partial charge >= 0.3 is 6.09 Å². The summed E-state index contributed by atoms with van der Waals surface area (Å²) in [7, 11) is 0. The molecule has 1 aliphatic heterocycles. The molecule has 4 nitrogen and oxygen atoms in total. The van der Waals surface area contributed by atoms with Gasteiger partial charge in [-0.05, 0) is 45.1 Å². The fraction of sp³-hybridized carbons (Fsp3) is 0.571. The van der Waals surface area contributed by atoms with Gasteiger partial charge in [-0.2, -0.15) is 0 Å². The van der Waals surface area contributed by atoms with E-state index in [2.05, 4.69) is 16.4 Å². The Kier molecular flexibility index (Phi) is 4.75. The van der Waals surface area contributed by atoms with Crippen molar-refractivity contribution in [3.63, 3.8) is 0 Å². The number of fused-ring (bicyclic) bond motifs is 1. The van der Waals surface area contributed by atoms with Gasteiger partial charge in [0.1, 0.15) is 10.6 Å². The second-order valence-electron chi connectivity index (χ2n) is 5.56. The number of thioether (sulfide) groups is 1. The Hall–Kier alpha value is -1.01. The molecule has 1 N–H and O–H groups in total. The minimum atomic E-state index is -0.461. The van der Waals surface area contributed by atoms with E-state index in [-0.39, 0.29) is 6.09 Å². The number of carbonyl (C=O) groups is 1. The second kappa shape index (κ2) is 6.18. The lowest BCUT2D eigenvalue weighted by Crippen LogP contribution is -2.31. The van der Waals surface area contributed by atoms with Crippen molar-refractivity contribution in [1.82, 2.24) is 5.32 Å². The summed E-state index contributed by atoms with van der Waals surface area (Å²) < 4.78 is 5.23. The average Bonchev–Trinajstić information content (AvgIpc) is 2.76. The number of ether oxygens (including phenoxy) is 1. The van der Waals surface area contributed by atoms with Crippen molar-refractivity contribution in [2.45, 2.75) is 39.3 Å². The molecule has 0 radical (unpaired) electrons. The smallest absolute Gasteiger partial charge is 0.407 e. The van der Waals surface area contributed by atoms with Crippen LogP contribution in [0.3, 0.4) is 0 Å². The number of nitrogens with one attached hydrogen (secondary N) is 1. The SMILES string of the molecule is CSC1=NCCc2cc(CNC(=O)OC(C)(C)C)sc21. The molecule has 1 aromatic rings. The van der Waals surface area contributed by atoms with Crippen LogP contribution in [-0.4, -0.2) is 29.5 Å². The van der Waals surface area contributed by atoms with Crippen molar-refractivity contribution in [2.75, 3.05) is 12.8 Å². The first-order valence-corrected chi connectivity index (χ1v) is 8.60. The van der Waals surface area contributed by atoms with Crippen LogP contribution in [-0.2, 0) is 17.7 Å². The monoisotopic (exact) mass is 312 g/mol. The topological polar surface area (TPSA) is 50.7 Å². The predicted octanol–water partition coefficient (Wildman–Crippen LogP) is 3.44. The molecular formula is C14H20N2O2S2. The normalized spacial score (nSPS) is 14.5. The average molecular weight is 312 g/mol. The van der Waals surface area contributed by atoms with Crippen molar-refractivity contribution in [2.24, 2.45) is 4.99 Å². The van der Waals surface area contributed by atoms with E-state index in [1.165, 1.54) is 10.4 Å². The third-order valence-corrected chi connectivity index (χ3v) is 4.72. The van der Waals surface area contributed by atoms with Gasteiger partial charge in [-0.25, -0.2) is 4.79 Å². The van der Waals surface area contributed by atoms with Gasteiger partial charge in [0.2, 0.25) is 0 Å². The Balaban J connectivity index is 1.97. The molecule has 0 spiro atoms. The summed E-state index contributed by atoms with van der Waals surface area (Å²) in [5.41, 5.74) is 0.882. The first-order chi connectivity index (χ1) is 9.39. The second-order valence-corrected chi connectivity index (χ2v) is 7.50. The molecule has 2 heterocycles. The van der Waals surface area contributed by atoms with Gasteiger partial charge in [0.15, 0.2) is 0 Å². The van der Waals surface area contributed by atoms with Crippen LogP contribution in [0.4, 0.5) is 4.79 Å². The van der Waals surface area contributed by atoms with E-state index in [0.717, 1.165) is 22.9 Å². The number of carbonyl (C=O) groups excluding carboxylic acids is 1. The molecule has 0 aliphatic carbocycles. The van der Waals surface area contributed by atoms with E-state index < -0.39 is 5.60 Å². The molecule has 6 heteroatoms. The lowest BCUT2D eigenvalue weighted by atomic mass is 10.1. The minimum Gasteiger partial charge on any atom is -0.444 e. The highest BCUT2D eigenvalue weighted by Crippen LogP contribution is 2.29. The minimum absolute atomic E-state index is 0.373. The lowest BCUT2D eigenvalue weighted by Gasteiger charge is -2.19. The lowest BCUT2D eigenvalue weighted by molar-refractivity contribution is 0.0524. The number of hydrogen-bond acceptors (Lipinski definition) is 5. The van der Waals surface area contributed by atoms with Crippen molar-refractivity contribution in [3.05, 3.63) is 21.4 Å². The predicted molar refractivity (Wildman–Crippen MR) is 86.0 cm³/mol. The van der Waals surface area contributed by atoms with Gasteiger partial charge in [0.05, 0.1) is 11.4 Å². The van der Waals surface area contributed by atoms with Crippen LogP contribution in [0.15, 0.2) is 11.1 Å². The molecule has 1 aliphatic rings. The number of nitrogens with zero attached hydrogens (tertiary/aromatic N) is 1. The highest BCUT2D eigenvalue weighted by Gasteiger charge is 2.19. The third-order valence-electron chi connectivity index (χ3n) is 2.69. The molecule has 0 unspecified atom stereocenters. The van der Waals surface area contributed by atoms with E-state index in [1.807, 2.05) is 27.0 Å². The maximum absolute atomic E-state index is 11.6. The number of aliphatic imine (C=N–C) groups is 1. The van der Waals surface area contributed by atoms with Gasteiger partial charge in [0, 0.05) is 11.4 Å². The van der Waals surface area contributed by atoms with Crippen LogP contribution in [0, 0.1) is 0 Å². The molecule has 20 heavy (non-hydrogen) atoms. The summed E-state index contributed by atoms with van der Waals surface area (Å²) in [6.07, 6.45) is 2.66. The van der Waals surface area contributed by atoms with Crippen LogP contribution < -0.4 is 5.32 Å². The summed E-state index contributed by atoms with van der Waals surface area (Å²) in [4.78, 5) is 18.6. The molecule has 0 aromatic carbocycles. The molecule has 110 valence electrons. The molecule has 0 fully saturated rings. The molecule has 0 saturated carbocycles. The number of hydrogen-bond donors (Lipinski definition) is 1. The zero-order valence-electron chi connectivity index (χ0n) is 12.3. The molecule has 0 saturated heterocycles. The first-order valence-electron chi connectivity index (χ1n) is 6.56. The summed E-state index contributed by atoms with van der Waals surface area (Å²) in [6.45, 7) is 6.94. The molecule has 1 aromatic heterocycles. The van der Waals surface area contributed by atoms with E-state index >= 15 is 0 Å². The van der Waals surface area contributed by atoms with Crippen LogP contribution in [0.2, 0.25) is 0 Å². The third kappa shape index (κ3) is 3.99. The summed E-state index contributed by atoms with van der Waals surface area (Å²) >= 11 is 3.39. The van der Waals surface area contributed by atoms with E-state index in [1.54, 1.807) is 23.1 Å². The standard InChI is InChI=1S/C14H20N2O2S2/c1-14(2,3)18-13(17)16-8-10-7-9-5-6-15-12(19-4)11(9)20-10/h7H,5-6,8H2,1-4H3,(H,16,17). The summed E-state index contributed by atoms with van der Waals surface area (Å²) in [5, 5.41) is 3.91. The number of rotatable bonds is 2. The maximum Gasteiger partial charge on any atom is 0.407 e. The quantitative estimate of drug-likeness (QED) is 0.910. The highest BCUT2D eigenvalue weighted by molar-refractivity contribution is 8.14. The van der Waals surface area contributed by atoms with Gasteiger partial charge in [-0.15, -0.1) is 23.1 Å². The molecule has 1 amide bonds. The fourth-order valence-corrected chi connectivity index (χ4v) is 3.88. The Morgan fingerprint density at radius 3 is 2.95 bits per heavy atom. The maximum atomic E-state index is 11.6. The summed E-state index contributed by atoms with van der Waals surface area (Å²) in [5.74, 6) is 0. The zero-order chi connectivity index (χ0) is 14.8. The van der Waals surface area contributed by atoms with Gasteiger partial charge < -0.3 is 10.1 Å². The van der Waals surface area contributed by atoms with Crippen LogP contribution in [0.25, 0.3) is 0 Å². The molecule has 0 bridgehead atoms. The fourth-order valence-electron chi connectivity index (χ4n) is 1.92. The Morgan fingerprint density at radius 2 is 2.30 bits per heavy atom. The van der Waals surface area contributed by atoms with Crippen LogP contribution in [0.5, 0.6) is 0 Å². The number of alkyl carbamates (subject to hydrolysis) is 1. The van der Waals surface area contributed by atoms with Crippen molar-refractivity contribution >= 4 is 34.2 Å².